The van der Waals surface area contributed by atoms with Crippen molar-refractivity contribution < 1.29 is 15.7 Å². The van der Waals surface area contributed by atoms with Gasteiger partial charge in [0.2, 0.25) is 0 Å². The van der Waals surface area contributed by atoms with Gasteiger partial charge >= 0.3 is 0 Å². The highest BCUT2D eigenvalue weighted by atomic mass is 16.5. The quantitative estimate of drug-likeness (QED) is 0.135. The number of benzene rings is 13. The van der Waals surface area contributed by atoms with Crippen molar-refractivity contribution in [2.45, 2.75) is 0 Å². The van der Waals surface area contributed by atoms with Gasteiger partial charge in [-0.25, -0.2) is 0 Å². The van der Waals surface area contributed by atoms with Gasteiger partial charge in [0.15, 0.2) is 0 Å². The van der Waals surface area contributed by atoms with E-state index in [1.807, 2.05) is 152 Å². The summed E-state index contributed by atoms with van der Waals surface area (Å²) in [6.07, 6.45) is 0. The van der Waals surface area contributed by atoms with Crippen molar-refractivity contribution in [3.63, 3.8) is 0 Å². The minimum absolute atomic E-state index is 0.00296. The largest absolute Gasteiger partial charge is 0.458 e. The first-order valence-corrected chi connectivity index (χ1v) is 29.0. The Bertz CT molecular complexity index is 5760. The summed E-state index contributed by atoms with van der Waals surface area (Å²) in [5.41, 5.74) is 16.1. The fourth-order valence-corrected chi connectivity index (χ4v) is 13.5. The van der Waals surface area contributed by atoms with E-state index in [1.54, 1.807) is 4.57 Å². The zero-order valence-electron chi connectivity index (χ0n) is 54.8. The van der Waals surface area contributed by atoms with E-state index < -0.39 is 55.1 Å². The zero-order valence-corrected chi connectivity index (χ0v) is 46.8. The van der Waals surface area contributed by atoms with Crippen molar-refractivity contribution in [2.75, 3.05) is 9.80 Å². The molecule has 17 rings (SSSR count). The fourth-order valence-electron chi connectivity index (χ4n) is 13.5. The Morgan fingerprint density at radius 1 is 0.386 bits per heavy atom. The molecule has 4 heterocycles. The second-order valence-corrected chi connectivity index (χ2v) is 22.0. The molecule has 13 aromatic carbocycles. The van der Waals surface area contributed by atoms with Crippen LogP contribution in [0.25, 0.3) is 88.4 Å². The highest BCUT2D eigenvalue weighted by molar-refractivity contribution is 6.99. The Hall–Kier alpha value is -12.1. The second kappa shape index (κ2) is 20.3. The maximum atomic E-state index is 10.9. The average Bonchev–Trinajstić information content (AvgIpc) is 1.58. The summed E-state index contributed by atoms with van der Waals surface area (Å²) in [6.45, 7) is -0.559. The molecule has 408 valence electrons. The van der Waals surface area contributed by atoms with E-state index in [9.17, 15) is 16.0 Å². The van der Waals surface area contributed by atoms with Gasteiger partial charge in [-0.05, 0) is 154 Å². The molecule has 0 fully saturated rings. The normalized spacial score (nSPS) is 13.4. The lowest BCUT2D eigenvalue weighted by Gasteiger charge is -2.41. The number of hydrogen-bond acceptors (Lipinski definition) is 5. The van der Waals surface area contributed by atoms with Crippen LogP contribution in [-0.4, -0.2) is 15.8 Å². The van der Waals surface area contributed by atoms with Crippen LogP contribution in [0.3, 0.4) is 0 Å². The smallest absolute Gasteiger partial charge is 0.256 e. The standard InChI is InChI=1S/C80H49BN6O/c82-50-52-36-42-74(84(57-22-6-2-7-23-57)58-24-8-3-9-25-58)65(44-52)55-38-40-68-78(47-55)88-79-48-56(66-45-53(51-83)37-43-75(66)86-72-34-18-13-29-63(72)64-30-14-19-35-73(64)86)46-77-80(79)81(68)67-41-39-59(85-70-32-16-11-27-61(70)62-28-12-17-33-71(62)85)49-76(67)87(77)69-31-15-10-26-60(69)54-20-4-1-5-21-54/h1-49H/i11D,12D,16D,17D,27D,28D,32D,33D. The Kier molecular flexibility index (Phi) is 9.85. The third-order valence-corrected chi connectivity index (χ3v) is 17.2. The van der Waals surface area contributed by atoms with E-state index in [2.05, 4.69) is 124 Å². The van der Waals surface area contributed by atoms with Crippen LogP contribution in [0.1, 0.15) is 22.1 Å². The van der Waals surface area contributed by atoms with E-state index in [0.717, 1.165) is 106 Å². The van der Waals surface area contributed by atoms with Gasteiger partial charge in [-0.3, -0.25) is 0 Å². The molecule has 0 unspecified atom stereocenters. The molecule has 0 saturated heterocycles. The van der Waals surface area contributed by atoms with Gasteiger partial charge in [0.05, 0.1) is 73.4 Å². The first-order chi connectivity index (χ1) is 46.9. The van der Waals surface area contributed by atoms with Crippen molar-refractivity contribution in [2.24, 2.45) is 0 Å². The molecule has 0 N–H and O–H groups in total. The molecule has 0 aliphatic carbocycles. The van der Waals surface area contributed by atoms with E-state index in [-0.39, 0.29) is 21.8 Å². The first-order valence-electron chi connectivity index (χ1n) is 33.0. The number of nitriles is 2. The third kappa shape index (κ3) is 7.91. The molecule has 0 spiro atoms. The Morgan fingerprint density at radius 3 is 1.65 bits per heavy atom. The van der Waals surface area contributed by atoms with Gasteiger partial charge in [0.1, 0.15) is 11.5 Å². The second-order valence-electron chi connectivity index (χ2n) is 22.0. The van der Waals surface area contributed by atoms with E-state index in [4.69, 9.17) is 10.2 Å². The number of ether oxygens (including phenoxy) is 1. The van der Waals surface area contributed by atoms with Crippen LogP contribution >= 0.6 is 0 Å². The molecule has 2 aliphatic rings. The molecular weight excluding hydrogens is 1070 g/mol. The lowest BCUT2D eigenvalue weighted by molar-refractivity contribution is 0.488. The fraction of sp³-hybridized carbons (Fsp3) is 0. The van der Waals surface area contributed by atoms with E-state index in [0.29, 0.717) is 34.0 Å². The lowest BCUT2D eigenvalue weighted by Crippen LogP contribution is -2.59. The van der Waals surface area contributed by atoms with Crippen molar-refractivity contribution >= 4 is 101 Å². The summed E-state index contributed by atoms with van der Waals surface area (Å²) < 4.78 is 85.1. The maximum Gasteiger partial charge on any atom is 0.256 e. The number of rotatable bonds is 9. The van der Waals surface area contributed by atoms with Crippen molar-refractivity contribution in [3.05, 3.63) is 308 Å². The molecule has 7 nitrogen and oxygen atoms in total. The van der Waals surface area contributed by atoms with Gasteiger partial charge in [-0.15, -0.1) is 0 Å². The predicted octanol–water partition coefficient (Wildman–Crippen LogP) is 18.5. The molecule has 88 heavy (non-hydrogen) atoms. The highest BCUT2D eigenvalue weighted by Gasteiger charge is 2.43. The summed E-state index contributed by atoms with van der Waals surface area (Å²) in [4.78, 5) is 4.39. The lowest BCUT2D eigenvalue weighted by atomic mass is 9.34. The number of para-hydroxylation sites is 7. The summed E-state index contributed by atoms with van der Waals surface area (Å²) in [7, 11) is 0. The van der Waals surface area contributed by atoms with Gasteiger partial charge in [0.25, 0.3) is 6.71 Å². The number of fused-ring (bicyclic) bond motifs is 10. The van der Waals surface area contributed by atoms with Crippen LogP contribution in [0.2, 0.25) is 0 Å². The summed E-state index contributed by atoms with van der Waals surface area (Å²) >= 11 is 0. The minimum Gasteiger partial charge on any atom is -0.458 e. The molecular formula is C80H49BN6O. The van der Waals surface area contributed by atoms with Crippen LogP contribution in [0, 0.1) is 22.7 Å². The average molecular weight is 1130 g/mol. The molecule has 2 aliphatic heterocycles. The Labute approximate surface area is 520 Å². The van der Waals surface area contributed by atoms with Crippen LogP contribution in [-0.2, 0) is 0 Å². The van der Waals surface area contributed by atoms with Crippen molar-refractivity contribution in [3.8, 4) is 68.4 Å². The summed E-state index contributed by atoms with van der Waals surface area (Å²) in [5, 5.41) is 23.5. The minimum atomic E-state index is -0.559. The number of aromatic nitrogens is 2. The molecule has 8 heteroatoms. The number of hydrogen-bond donors (Lipinski definition) is 0. The summed E-state index contributed by atoms with van der Waals surface area (Å²) in [5.74, 6) is 1.09. The topological polar surface area (TPSA) is 73.2 Å². The van der Waals surface area contributed by atoms with Crippen molar-refractivity contribution in [1.29, 1.82) is 10.5 Å². The monoisotopic (exact) mass is 1130 g/mol. The Balaban J connectivity index is 0.983. The molecule has 0 atom stereocenters. The number of anilines is 6. The van der Waals surface area contributed by atoms with Crippen LogP contribution < -0.4 is 30.9 Å². The first kappa shape index (κ1) is 42.7. The predicted molar refractivity (Wildman–Crippen MR) is 361 cm³/mol. The molecule has 2 aromatic heterocycles. The highest BCUT2D eigenvalue weighted by Crippen LogP contribution is 2.49. The third-order valence-electron chi connectivity index (χ3n) is 17.2. The molecule has 0 radical (unpaired) electrons. The van der Waals surface area contributed by atoms with Crippen LogP contribution in [0.5, 0.6) is 11.5 Å². The van der Waals surface area contributed by atoms with Crippen molar-refractivity contribution in [1.82, 2.24) is 9.13 Å². The molecule has 0 bridgehead atoms. The van der Waals surface area contributed by atoms with E-state index in [1.165, 1.54) is 0 Å². The zero-order chi connectivity index (χ0) is 65.4. The Morgan fingerprint density at radius 2 is 0.966 bits per heavy atom. The maximum absolute atomic E-state index is 10.9. The SMILES string of the molecule is [2H]c1c([2H])c([2H])c2c(c1[2H])c1c([2H])c([2H])c([2H])c([2H])c1n2-c1ccc2c(c1)N(c1ccccc1-c1ccccc1)c1cc(-c3cc(C#N)ccc3-n3c4ccccc4c4ccccc43)cc3c1B2c1ccc(-c2cc(C#N)ccc2N(c2ccccc2)c2ccccc2)cc1O3. The van der Waals surface area contributed by atoms with Gasteiger partial charge in [-0.2, -0.15) is 10.5 Å². The molecule has 15 aromatic rings. The van der Waals surface area contributed by atoms with E-state index >= 15 is 0 Å². The summed E-state index contributed by atoms with van der Waals surface area (Å²) in [6, 6.07) is 83.9. The van der Waals surface area contributed by atoms with Crippen LogP contribution in [0.15, 0.2) is 297 Å². The van der Waals surface area contributed by atoms with Crippen LogP contribution in [0.4, 0.5) is 34.1 Å². The molecule has 0 amide bonds. The van der Waals surface area contributed by atoms with Gasteiger partial charge < -0.3 is 23.7 Å². The molecule has 0 saturated carbocycles. The van der Waals surface area contributed by atoms with Gasteiger partial charge in [0, 0.05) is 66.7 Å². The van der Waals surface area contributed by atoms with Gasteiger partial charge in [-0.1, -0.05) is 176 Å². The number of nitrogens with zero attached hydrogens (tertiary/aromatic N) is 6.